The van der Waals surface area contributed by atoms with Gasteiger partial charge in [0.05, 0.1) is 0 Å². The van der Waals surface area contributed by atoms with Gasteiger partial charge in [0.1, 0.15) is 0 Å². The van der Waals surface area contributed by atoms with E-state index < -0.39 is 0 Å². The monoisotopic (exact) mass is 326 g/mol. The van der Waals surface area contributed by atoms with Crippen molar-refractivity contribution in [3.05, 3.63) is 66.2 Å². The molecular formula is C18H22N4S. The van der Waals surface area contributed by atoms with Gasteiger partial charge in [-0.1, -0.05) is 48.5 Å². The first kappa shape index (κ1) is 15.9. The molecule has 0 spiro atoms. The second-order valence-electron chi connectivity index (χ2n) is 5.68. The van der Waals surface area contributed by atoms with Crippen molar-refractivity contribution in [1.29, 1.82) is 0 Å². The quantitative estimate of drug-likeness (QED) is 0.844. The third-order valence-corrected chi connectivity index (χ3v) is 4.11. The zero-order valence-corrected chi connectivity index (χ0v) is 13.9. The van der Waals surface area contributed by atoms with Crippen LogP contribution in [0.5, 0.6) is 0 Å². The van der Waals surface area contributed by atoms with Gasteiger partial charge in [0.2, 0.25) is 0 Å². The van der Waals surface area contributed by atoms with Gasteiger partial charge >= 0.3 is 0 Å². The Kier molecular flexibility index (Phi) is 5.58. The lowest BCUT2D eigenvalue weighted by molar-refractivity contribution is 0.108. The van der Waals surface area contributed by atoms with Gasteiger partial charge in [-0.15, -0.1) is 0 Å². The van der Waals surface area contributed by atoms with Crippen molar-refractivity contribution in [1.82, 2.24) is 15.3 Å². The molecule has 0 aliphatic carbocycles. The van der Waals surface area contributed by atoms with E-state index in [0.29, 0.717) is 5.11 Å². The zero-order valence-electron chi connectivity index (χ0n) is 13.1. The molecule has 1 fully saturated rings. The topological polar surface area (TPSA) is 30.5 Å². The van der Waals surface area contributed by atoms with Crippen LogP contribution in [0.25, 0.3) is 0 Å². The minimum atomic E-state index is 0.646. The molecule has 2 aromatic carbocycles. The minimum absolute atomic E-state index is 0.646. The van der Waals surface area contributed by atoms with Gasteiger partial charge < -0.3 is 5.32 Å². The van der Waals surface area contributed by atoms with Crippen LogP contribution in [-0.2, 0) is 6.54 Å². The number of hydrogen-bond donors (Lipinski definition) is 2. The molecule has 0 unspecified atom stereocenters. The Bertz CT molecular complexity index is 609. The number of thiocarbonyl (C=S) groups is 1. The molecule has 120 valence electrons. The number of rotatable bonds is 4. The molecule has 0 bridgehead atoms. The van der Waals surface area contributed by atoms with Crippen molar-refractivity contribution in [2.75, 3.05) is 31.5 Å². The minimum Gasteiger partial charge on any atom is -0.332 e. The van der Waals surface area contributed by atoms with Gasteiger partial charge in [0.15, 0.2) is 5.11 Å². The summed E-state index contributed by atoms with van der Waals surface area (Å²) in [5.74, 6) is 0. The zero-order chi connectivity index (χ0) is 15.9. The lowest BCUT2D eigenvalue weighted by Gasteiger charge is -2.35. The lowest BCUT2D eigenvalue weighted by atomic mass is 10.2. The highest BCUT2D eigenvalue weighted by atomic mass is 32.1. The lowest BCUT2D eigenvalue weighted by Crippen LogP contribution is -2.54. The molecule has 0 radical (unpaired) electrons. The normalized spacial score (nSPS) is 16.0. The SMILES string of the molecule is S=C(Nc1ccccc1)NN1CCN(Cc2ccccc2)CC1. The molecule has 2 N–H and O–H groups in total. The van der Waals surface area contributed by atoms with E-state index in [2.05, 4.69) is 51.0 Å². The number of benzene rings is 2. The summed E-state index contributed by atoms with van der Waals surface area (Å²) in [6.07, 6.45) is 0. The smallest absolute Gasteiger partial charge is 0.185 e. The Balaban J connectivity index is 1.41. The molecule has 0 atom stereocenters. The van der Waals surface area contributed by atoms with E-state index in [-0.39, 0.29) is 0 Å². The summed E-state index contributed by atoms with van der Waals surface area (Å²) >= 11 is 5.37. The largest absolute Gasteiger partial charge is 0.332 e. The van der Waals surface area contributed by atoms with Gasteiger partial charge in [-0.05, 0) is 29.9 Å². The summed E-state index contributed by atoms with van der Waals surface area (Å²) < 4.78 is 0. The first-order chi connectivity index (χ1) is 11.3. The van der Waals surface area contributed by atoms with Crippen LogP contribution in [-0.4, -0.2) is 41.2 Å². The molecule has 23 heavy (non-hydrogen) atoms. The highest BCUT2D eigenvalue weighted by Gasteiger charge is 2.17. The Morgan fingerprint density at radius 2 is 1.48 bits per heavy atom. The third kappa shape index (κ3) is 5.03. The first-order valence-corrected chi connectivity index (χ1v) is 8.34. The first-order valence-electron chi connectivity index (χ1n) is 7.93. The summed E-state index contributed by atoms with van der Waals surface area (Å²) in [7, 11) is 0. The molecule has 1 saturated heterocycles. The molecule has 1 heterocycles. The molecule has 1 aliphatic rings. The Morgan fingerprint density at radius 1 is 0.870 bits per heavy atom. The van der Waals surface area contributed by atoms with E-state index in [1.807, 2.05) is 30.3 Å². The number of nitrogens with zero attached hydrogens (tertiary/aromatic N) is 2. The van der Waals surface area contributed by atoms with Crippen LogP contribution in [0.15, 0.2) is 60.7 Å². The summed E-state index contributed by atoms with van der Waals surface area (Å²) in [5.41, 5.74) is 5.66. The van der Waals surface area contributed by atoms with Crippen molar-refractivity contribution in [3.8, 4) is 0 Å². The van der Waals surface area contributed by atoms with Crippen molar-refractivity contribution in [3.63, 3.8) is 0 Å². The fourth-order valence-electron chi connectivity index (χ4n) is 2.68. The van der Waals surface area contributed by atoms with Crippen molar-refractivity contribution in [2.45, 2.75) is 6.54 Å². The van der Waals surface area contributed by atoms with Gasteiger partial charge in [0.25, 0.3) is 0 Å². The summed E-state index contributed by atoms with van der Waals surface area (Å²) in [5, 5.41) is 6.03. The van der Waals surface area contributed by atoms with Gasteiger partial charge in [0, 0.05) is 38.4 Å². The maximum atomic E-state index is 5.37. The fourth-order valence-corrected chi connectivity index (χ4v) is 2.93. The van der Waals surface area contributed by atoms with Crippen LogP contribution in [0.3, 0.4) is 0 Å². The molecule has 2 aromatic rings. The summed E-state index contributed by atoms with van der Waals surface area (Å²) in [4.78, 5) is 2.47. The predicted molar refractivity (Wildman–Crippen MR) is 99.1 cm³/mol. The highest BCUT2D eigenvalue weighted by molar-refractivity contribution is 7.80. The molecule has 0 amide bonds. The highest BCUT2D eigenvalue weighted by Crippen LogP contribution is 2.08. The molecule has 5 heteroatoms. The van der Waals surface area contributed by atoms with Crippen LogP contribution in [0, 0.1) is 0 Å². The second-order valence-corrected chi connectivity index (χ2v) is 6.09. The average molecular weight is 326 g/mol. The maximum Gasteiger partial charge on any atom is 0.185 e. The van der Waals surface area contributed by atoms with Gasteiger partial charge in [-0.25, -0.2) is 5.01 Å². The standard InChI is InChI=1S/C18H22N4S/c23-18(19-17-9-5-2-6-10-17)20-22-13-11-21(12-14-22)15-16-7-3-1-4-8-16/h1-10H,11-15H2,(H2,19,20,23). The van der Waals surface area contributed by atoms with E-state index in [9.17, 15) is 0 Å². The summed E-state index contributed by atoms with van der Waals surface area (Å²) in [6, 6.07) is 20.6. The van der Waals surface area contributed by atoms with Crippen LogP contribution < -0.4 is 10.7 Å². The molecule has 0 aromatic heterocycles. The van der Waals surface area contributed by atoms with Gasteiger partial charge in [-0.3, -0.25) is 10.3 Å². The van der Waals surface area contributed by atoms with Crippen LogP contribution in [0.1, 0.15) is 5.56 Å². The van der Waals surface area contributed by atoms with E-state index in [1.165, 1.54) is 5.56 Å². The Labute approximate surface area is 143 Å². The van der Waals surface area contributed by atoms with E-state index in [0.717, 1.165) is 38.4 Å². The number of nitrogens with one attached hydrogen (secondary N) is 2. The van der Waals surface area contributed by atoms with Gasteiger partial charge in [-0.2, -0.15) is 0 Å². The molecule has 1 aliphatic heterocycles. The number of hydrazine groups is 1. The van der Waals surface area contributed by atoms with E-state index in [1.54, 1.807) is 0 Å². The third-order valence-electron chi connectivity index (χ3n) is 3.91. The molecule has 0 saturated carbocycles. The van der Waals surface area contributed by atoms with Crippen molar-refractivity contribution >= 4 is 23.0 Å². The van der Waals surface area contributed by atoms with Crippen LogP contribution in [0.4, 0.5) is 5.69 Å². The number of para-hydroxylation sites is 1. The molecule has 3 rings (SSSR count). The number of anilines is 1. The average Bonchev–Trinajstić information content (AvgIpc) is 2.58. The Morgan fingerprint density at radius 3 is 2.13 bits per heavy atom. The Hall–Kier alpha value is -1.95. The van der Waals surface area contributed by atoms with E-state index in [4.69, 9.17) is 12.2 Å². The number of hydrogen-bond acceptors (Lipinski definition) is 3. The maximum absolute atomic E-state index is 5.37. The fraction of sp³-hybridized carbons (Fsp3) is 0.278. The van der Waals surface area contributed by atoms with Crippen molar-refractivity contribution in [2.24, 2.45) is 0 Å². The number of piperazine rings is 1. The predicted octanol–water partition coefficient (Wildman–Crippen LogP) is 2.71. The van der Waals surface area contributed by atoms with Crippen LogP contribution in [0.2, 0.25) is 0 Å². The molecular weight excluding hydrogens is 304 g/mol. The van der Waals surface area contributed by atoms with Crippen molar-refractivity contribution < 1.29 is 0 Å². The second kappa shape index (κ2) is 8.06. The van der Waals surface area contributed by atoms with E-state index >= 15 is 0 Å². The summed E-state index contributed by atoms with van der Waals surface area (Å²) in [6.45, 7) is 5.01. The molecule has 4 nitrogen and oxygen atoms in total. The van der Waals surface area contributed by atoms with Crippen LogP contribution >= 0.6 is 12.2 Å².